The Morgan fingerprint density at radius 2 is 2.38 bits per heavy atom. The summed E-state index contributed by atoms with van der Waals surface area (Å²) in [4.78, 5) is 2.44. The van der Waals surface area contributed by atoms with Crippen LogP contribution in [-0.4, -0.2) is 43.8 Å². The molecular weight excluding hydrogens is 164 g/mol. The first-order valence-electron chi connectivity index (χ1n) is 5.29. The molecule has 0 saturated carbocycles. The van der Waals surface area contributed by atoms with Gasteiger partial charge >= 0.3 is 0 Å². The molecule has 0 aromatic rings. The molecule has 78 valence electrons. The third-order valence-corrected chi connectivity index (χ3v) is 3.03. The molecule has 3 nitrogen and oxygen atoms in total. The first-order valence-corrected chi connectivity index (χ1v) is 5.29. The molecule has 0 spiro atoms. The highest BCUT2D eigenvalue weighted by molar-refractivity contribution is 4.78. The molecule has 0 amide bonds. The van der Waals surface area contributed by atoms with Crippen LogP contribution in [0.5, 0.6) is 0 Å². The fourth-order valence-electron chi connectivity index (χ4n) is 2.03. The van der Waals surface area contributed by atoms with Crippen LogP contribution >= 0.6 is 0 Å². The molecular formula is C10H22N2O. The molecule has 2 atom stereocenters. The van der Waals surface area contributed by atoms with Crippen molar-refractivity contribution in [2.75, 3.05) is 26.8 Å². The summed E-state index contributed by atoms with van der Waals surface area (Å²) in [6.45, 7) is 4.84. The molecule has 1 saturated heterocycles. The standard InChI is InChI=1S/C10H22N2O/c1-3-9(4-6-11)12(2)10-5-7-13-8-10/h9-10H,3-8,11H2,1-2H3. The Hall–Kier alpha value is -0.120. The number of likely N-dealkylation sites (N-methyl/N-ethyl adjacent to an activating group) is 1. The van der Waals surface area contributed by atoms with E-state index in [0.717, 1.165) is 26.2 Å². The average Bonchev–Trinajstić information content (AvgIpc) is 2.65. The summed E-state index contributed by atoms with van der Waals surface area (Å²) < 4.78 is 5.38. The van der Waals surface area contributed by atoms with Gasteiger partial charge in [-0.15, -0.1) is 0 Å². The van der Waals surface area contributed by atoms with Crippen LogP contribution in [0, 0.1) is 0 Å². The topological polar surface area (TPSA) is 38.5 Å². The zero-order valence-corrected chi connectivity index (χ0v) is 8.83. The van der Waals surface area contributed by atoms with Crippen LogP contribution in [0.4, 0.5) is 0 Å². The van der Waals surface area contributed by atoms with Gasteiger partial charge in [0.05, 0.1) is 6.61 Å². The van der Waals surface area contributed by atoms with Gasteiger partial charge in [-0.1, -0.05) is 6.92 Å². The van der Waals surface area contributed by atoms with Crippen molar-refractivity contribution in [3.05, 3.63) is 0 Å². The maximum atomic E-state index is 5.58. The quantitative estimate of drug-likeness (QED) is 0.691. The van der Waals surface area contributed by atoms with Gasteiger partial charge in [0.2, 0.25) is 0 Å². The number of ether oxygens (including phenoxy) is 1. The van der Waals surface area contributed by atoms with Crippen LogP contribution in [0.15, 0.2) is 0 Å². The van der Waals surface area contributed by atoms with Crippen LogP contribution in [0.3, 0.4) is 0 Å². The van der Waals surface area contributed by atoms with Crippen molar-refractivity contribution in [1.82, 2.24) is 4.90 Å². The predicted molar refractivity (Wildman–Crippen MR) is 54.7 cm³/mol. The van der Waals surface area contributed by atoms with Gasteiger partial charge in [0.1, 0.15) is 0 Å². The van der Waals surface area contributed by atoms with E-state index in [0.29, 0.717) is 12.1 Å². The Labute approximate surface area is 81.2 Å². The van der Waals surface area contributed by atoms with E-state index in [1.54, 1.807) is 0 Å². The minimum atomic E-state index is 0.622. The van der Waals surface area contributed by atoms with E-state index in [2.05, 4.69) is 18.9 Å². The third-order valence-electron chi connectivity index (χ3n) is 3.03. The number of nitrogens with zero attached hydrogens (tertiary/aromatic N) is 1. The zero-order chi connectivity index (χ0) is 9.68. The van der Waals surface area contributed by atoms with Gasteiger partial charge in [-0.3, -0.25) is 4.90 Å². The van der Waals surface area contributed by atoms with Crippen molar-refractivity contribution < 1.29 is 4.74 Å². The Morgan fingerprint density at radius 1 is 1.62 bits per heavy atom. The maximum absolute atomic E-state index is 5.58. The van der Waals surface area contributed by atoms with Crippen LogP contribution < -0.4 is 5.73 Å². The SMILES string of the molecule is CCC(CCN)N(C)C1CCOC1. The summed E-state index contributed by atoms with van der Waals surface area (Å²) in [6.07, 6.45) is 3.46. The van der Waals surface area contributed by atoms with Gasteiger partial charge in [0, 0.05) is 18.7 Å². The summed E-state index contributed by atoms with van der Waals surface area (Å²) in [6, 6.07) is 1.26. The van der Waals surface area contributed by atoms with E-state index in [4.69, 9.17) is 10.5 Å². The summed E-state index contributed by atoms with van der Waals surface area (Å²) in [7, 11) is 2.20. The molecule has 13 heavy (non-hydrogen) atoms. The zero-order valence-electron chi connectivity index (χ0n) is 8.83. The van der Waals surface area contributed by atoms with Crippen LogP contribution in [0.25, 0.3) is 0 Å². The lowest BCUT2D eigenvalue weighted by Gasteiger charge is -2.31. The Morgan fingerprint density at radius 3 is 2.85 bits per heavy atom. The van der Waals surface area contributed by atoms with Crippen LogP contribution in [0.1, 0.15) is 26.2 Å². The maximum Gasteiger partial charge on any atom is 0.0622 e. The highest BCUT2D eigenvalue weighted by atomic mass is 16.5. The molecule has 1 aliphatic heterocycles. The highest BCUT2D eigenvalue weighted by Crippen LogP contribution is 2.16. The summed E-state index contributed by atoms with van der Waals surface area (Å²) in [5, 5.41) is 0. The van der Waals surface area contributed by atoms with E-state index in [-0.39, 0.29) is 0 Å². The Balaban J connectivity index is 2.37. The van der Waals surface area contributed by atoms with E-state index in [1.165, 1.54) is 12.8 Å². The molecule has 2 unspecified atom stereocenters. The van der Waals surface area contributed by atoms with E-state index in [9.17, 15) is 0 Å². The van der Waals surface area contributed by atoms with Gasteiger partial charge in [-0.05, 0) is 32.9 Å². The summed E-state index contributed by atoms with van der Waals surface area (Å²) >= 11 is 0. The normalized spacial score (nSPS) is 25.4. The second-order valence-corrected chi connectivity index (χ2v) is 3.82. The minimum Gasteiger partial charge on any atom is -0.380 e. The Kier molecular flexibility index (Phi) is 4.70. The fraction of sp³-hybridized carbons (Fsp3) is 1.00. The van der Waals surface area contributed by atoms with Gasteiger partial charge in [0.25, 0.3) is 0 Å². The van der Waals surface area contributed by atoms with Gasteiger partial charge in [-0.25, -0.2) is 0 Å². The molecule has 1 fully saturated rings. The highest BCUT2D eigenvalue weighted by Gasteiger charge is 2.24. The second-order valence-electron chi connectivity index (χ2n) is 3.82. The smallest absolute Gasteiger partial charge is 0.0622 e. The molecule has 1 rings (SSSR count). The molecule has 1 aliphatic rings. The first kappa shape index (κ1) is 11.0. The van der Waals surface area contributed by atoms with E-state index in [1.807, 2.05) is 0 Å². The number of nitrogens with two attached hydrogens (primary N) is 1. The van der Waals surface area contributed by atoms with Crippen molar-refractivity contribution in [1.29, 1.82) is 0 Å². The first-order chi connectivity index (χ1) is 6.29. The van der Waals surface area contributed by atoms with Gasteiger partial charge in [0.15, 0.2) is 0 Å². The van der Waals surface area contributed by atoms with Crippen molar-refractivity contribution in [3.8, 4) is 0 Å². The number of rotatable bonds is 5. The molecule has 1 heterocycles. The minimum absolute atomic E-state index is 0.622. The van der Waals surface area contributed by atoms with Gasteiger partial charge in [-0.2, -0.15) is 0 Å². The molecule has 0 aliphatic carbocycles. The van der Waals surface area contributed by atoms with E-state index < -0.39 is 0 Å². The number of hydrogen-bond acceptors (Lipinski definition) is 3. The average molecular weight is 186 g/mol. The monoisotopic (exact) mass is 186 g/mol. The molecule has 2 N–H and O–H groups in total. The molecule has 3 heteroatoms. The van der Waals surface area contributed by atoms with Crippen LogP contribution in [-0.2, 0) is 4.74 Å². The van der Waals surface area contributed by atoms with Gasteiger partial charge < -0.3 is 10.5 Å². The lowest BCUT2D eigenvalue weighted by molar-refractivity contribution is 0.127. The van der Waals surface area contributed by atoms with Crippen molar-refractivity contribution in [2.45, 2.75) is 38.3 Å². The lowest BCUT2D eigenvalue weighted by atomic mass is 10.1. The van der Waals surface area contributed by atoms with Crippen molar-refractivity contribution in [3.63, 3.8) is 0 Å². The molecule has 0 aromatic carbocycles. The number of hydrogen-bond donors (Lipinski definition) is 1. The van der Waals surface area contributed by atoms with Crippen molar-refractivity contribution in [2.24, 2.45) is 5.73 Å². The van der Waals surface area contributed by atoms with Crippen LogP contribution in [0.2, 0.25) is 0 Å². The summed E-state index contributed by atoms with van der Waals surface area (Å²) in [5.74, 6) is 0. The Bertz CT molecular complexity index is 135. The molecule has 0 radical (unpaired) electrons. The van der Waals surface area contributed by atoms with Crippen molar-refractivity contribution >= 4 is 0 Å². The largest absolute Gasteiger partial charge is 0.380 e. The lowest BCUT2D eigenvalue weighted by Crippen LogP contribution is -2.41. The predicted octanol–water partition coefficient (Wildman–Crippen LogP) is 0.834. The third kappa shape index (κ3) is 2.93. The molecule has 0 aromatic heterocycles. The van der Waals surface area contributed by atoms with E-state index >= 15 is 0 Å². The second kappa shape index (κ2) is 5.58. The molecule has 0 bridgehead atoms. The fourth-order valence-corrected chi connectivity index (χ4v) is 2.03. The summed E-state index contributed by atoms with van der Waals surface area (Å²) in [5.41, 5.74) is 5.58.